The minimum absolute atomic E-state index is 0.325. The molecule has 0 amide bonds. The van der Waals surface area contributed by atoms with Gasteiger partial charge in [0.1, 0.15) is 0 Å². The van der Waals surface area contributed by atoms with E-state index >= 15 is 0 Å². The minimum atomic E-state index is -0.759. The summed E-state index contributed by atoms with van der Waals surface area (Å²) in [5.41, 5.74) is -0.208. The van der Waals surface area contributed by atoms with Crippen LogP contribution in [0, 0.1) is 0 Å². The molecule has 1 aromatic carbocycles. The van der Waals surface area contributed by atoms with Crippen LogP contribution < -0.4 is 11.4 Å². The van der Waals surface area contributed by atoms with E-state index < -0.39 is 11.4 Å². The zero-order chi connectivity index (χ0) is 10.3. The first-order chi connectivity index (χ1) is 6.58. The minimum Gasteiger partial charge on any atom is -0.372 e. The smallest absolute Gasteiger partial charge is 0.372 e. The van der Waals surface area contributed by atoms with E-state index in [1.807, 2.05) is 0 Å². The molecule has 0 fully saturated rings. The van der Waals surface area contributed by atoms with Crippen LogP contribution in [-0.4, -0.2) is 4.98 Å². The second-order valence-corrected chi connectivity index (χ2v) is 4.38. The second-order valence-electron chi connectivity index (χ2n) is 2.61. The average molecular weight is 321 g/mol. The zero-order valence-electron chi connectivity index (χ0n) is 6.64. The molecule has 6 heteroatoms. The fourth-order valence-corrected chi connectivity index (χ4v) is 2.45. The predicted octanol–water partition coefficient (Wildman–Crippen LogP) is 2.01. The van der Waals surface area contributed by atoms with E-state index in [0.717, 1.165) is 4.47 Å². The molecular weight excluding hydrogens is 318 g/mol. The standard InChI is InChI=1S/C8H3Br2NO3/c9-3-1-4-6(5(10)2-3)11-8(13)14-7(4)12/h1-2H,(H,11,13). The number of fused-ring (bicyclic) bond motifs is 1. The van der Waals surface area contributed by atoms with Crippen molar-refractivity contribution < 1.29 is 4.42 Å². The maximum absolute atomic E-state index is 11.3. The number of nitrogens with one attached hydrogen (secondary N) is 1. The molecule has 0 atom stereocenters. The largest absolute Gasteiger partial charge is 0.419 e. The third-order valence-corrected chi connectivity index (χ3v) is 2.77. The van der Waals surface area contributed by atoms with E-state index in [1.54, 1.807) is 12.1 Å². The van der Waals surface area contributed by atoms with Crippen molar-refractivity contribution in [2.45, 2.75) is 0 Å². The first-order valence-electron chi connectivity index (χ1n) is 3.60. The number of rotatable bonds is 0. The van der Waals surface area contributed by atoms with Crippen LogP contribution in [0.3, 0.4) is 0 Å². The molecule has 0 spiro atoms. The quantitative estimate of drug-likeness (QED) is 0.807. The van der Waals surface area contributed by atoms with Gasteiger partial charge in [-0.1, -0.05) is 15.9 Å². The highest BCUT2D eigenvalue weighted by atomic mass is 79.9. The Morgan fingerprint density at radius 3 is 2.64 bits per heavy atom. The molecule has 4 nitrogen and oxygen atoms in total. The highest BCUT2D eigenvalue weighted by molar-refractivity contribution is 9.11. The number of benzene rings is 1. The Kier molecular flexibility index (Phi) is 2.32. The van der Waals surface area contributed by atoms with Gasteiger partial charge >= 0.3 is 11.4 Å². The number of aromatic nitrogens is 1. The summed E-state index contributed by atoms with van der Waals surface area (Å²) in [7, 11) is 0. The number of halogens is 2. The van der Waals surface area contributed by atoms with Crippen LogP contribution in [0.4, 0.5) is 0 Å². The first kappa shape index (κ1) is 9.67. The zero-order valence-corrected chi connectivity index (χ0v) is 9.81. The Bertz CT molecular complexity index is 614. The van der Waals surface area contributed by atoms with E-state index in [4.69, 9.17) is 0 Å². The first-order valence-corrected chi connectivity index (χ1v) is 5.19. The molecule has 2 aromatic rings. The lowest BCUT2D eigenvalue weighted by atomic mass is 10.2. The highest BCUT2D eigenvalue weighted by Crippen LogP contribution is 2.24. The van der Waals surface area contributed by atoms with Crippen molar-refractivity contribution >= 4 is 42.8 Å². The molecule has 1 aromatic heterocycles. The van der Waals surface area contributed by atoms with Crippen molar-refractivity contribution in [3.63, 3.8) is 0 Å². The number of hydrogen-bond acceptors (Lipinski definition) is 3. The lowest BCUT2D eigenvalue weighted by Gasteiger charge is -1.98. The number of hydrogen-bond donors (Lipinski definition) is 1. The van der Waals surface area contributed by atoms with Crippen LogP contribution in [0.25, 0.3) is 10.9 Å². The summed E-state index contributed by atoms with van der Waals surface area (Å²) in [5, 5.41) is 0.325. The monoisotopic (exact) mass is 319 g/mol. The molecule has 0 saturated heterocycles. The van der Waals surface area contributed by atoms with Gasteiger partial charge in [0.05, 0.1) is 10.9 Å². The van der Waals surface area contributed by atoms with Crippen molar-refractivity contribution in [1.29, 1.82) is 0 Å². The van der Waals surface area contributed by atoms with E-state index in [2.05, 4.69) is 41.3 Å². The van der Waals surface area contributed by atoms with Gasteiger partial charge in [-0.05, 0) is 28.1 Å². The van der Waals surface area contributed by atoms with Gasteiger partial charge in [0.25, 0.3) is 0 Å². The van der Waals surface area contributed by atoms with Crippen LogP contribution in [0.15, 0.2) is 35.1 Å². The second kappa shape index (κ2) is 3.36. The molecule has 0 unspecified atom stereocenters. The van der Waals surface area contributed by atoms with E-state index in [0.29, 0.717) is 15.4 Å². The van der Waals surface area contributed by atoms with Gasteiger partial charge in [-0.25, -0.2) is 9.59 Å². The Morgan fingerprint density at radius 1 is 1.21 bits per heavy atom. The summed E-state index contributed by atoms with van der Waals surface area (Å²) in [5.74, 6) is -0.759. The Hall–Kier alpha value is -0.880. The van der Waals surface area contributed by atoms with E-state index in [9.17, 15) is 9.59 Å². The fourth-order valence-electron chi connectivity index (χ4n) is 1.13. The molecule has 1 N–H and O–H groups in total. The van der Waals surface area contributed by atoms with Gasteiger partial charge < -0.3 is 4.42 Å². The topological polar surface area (TPSA) is 63.1 Å². The van der Waals surface area contributed by atoms with Gasteiger partial charge in [-0.2, -0.15) is 0 Å². The van der Waals surface area contributed by atoms with Crippen LogP contribution in [0.5, 0.6) is 0 Å². The SMILES string of the molecule is O=c1[nH]c2c(Br)cc(Br)cc2c(=O)o1. The lowest BCUT2D eigenvalue weighted by Crippen LogP contribution is -2.14. The fraction of sp³-hybridized carbons (Fsp3) is 0. The van der Waals surface area contributed by atoms with E-state index in [1.165, 1.54) is 0 Å². The van der Waals surface area contributed by atoms with Crippen molar-refractivity contribution in [3.8, 4) is 0 Å². The Labute approximate surface area is 94.2 Å². The molecular formula is C8H3Br2NO3. The maximum atomic E-state index is 11.3. The van der Waals surface area contributed by atoms with Crippen molar-refractivity contribution in [1.82, 2.24) is 4.98 Å². The molecule has 0 aliphatic carbocycles. The molecule has 0 radical (unpaired) electrons. The Balaban J connectivity index is 3.10. The third-order valence-electron chi connectivity index (χ3n) is 1.69. The van der Waals surface area contributed by atoms with E-state index in [-0.39, 0.29) is 0 Å². The van der Waals surface area contributed by atoms with Gasteiger partial charge in [0.2, 0.25) is 0 Å². The number of H-pyrrole nitrogens is 1. The normalized spacial score (nSPS) is 10.7. The molecule has 14 heavy (non-hydrogen) atoms. The molecule has 0 saturated carbocycles. The summed E-state index contributed by atoms with van der Waals surface area (Å²) in [4.78, 5) is 24.6. The van der Waals surface area contributed by atoms with Crippen molar-refractivity contribution in [2.75, 3.05) is 0 Å². The number of aromatic amines is 1. The van der Waals surface area contributed by atoms with Crippen molar-refractivity contribution in [3.05, 3.63) is 42.0 Å². The maximum Gasteiger partial charge on any atom is 0.419 e. The van der Waals surface area contributed by atoms with Crippen molar-refractivity contribution in [2.24, 2.45) is 0 Å². The van der Waals surface area contributed by atoms with Crippen LogP contribution in [0.1, 0.15) is 0 Å². The summed E-state index contributed by atoms with van der Waals surface area (Å²) < 4.78 is 5.76. The third kappa shape index (κ3) is 1.55. The predicted molar refractivity (Wildman–Crippen MR) is 58.5 cm³/mol. The summed E-state index contributed by atoms with van der Waals surface area (Å²) in [6.07, 6.45) is 0. The Morgan fingerprint density at radius 2 is 1.93 bits per heavy atom. The van der Waals surface area contributed by atoms with Gasteiger partial charge in [0, 0.05) is 8.95 Å². The van der Waals surface area contributed by atoms with Gasteiger partial charge in [0.15, 0.2) is 0 Å². The molecule has 2 rings (SSSR count). The van der Waals surface area contributed by atoms with Gasteiger partial charge in [-0.3, -0.25) is 4.98 Å². The van der Waals surface area contributed by atoms with Crippen LogP contribution in [-0.2, 0) is 0 Å². The highest BCUT2D eigenvalue weighted by Gasteiger charge is 2.06. The van der Waals surface area contributed by atoms with Crippen LogP contribution >= 0.6 is 31.9 Å². The molecule has 0 aliphatic heterocycles. The van der Waals surface area contributed by atoms with Crippen LogP contribution in [0.2, 0.25) is 0 Å². The summed E-state index contributed by atoms with van der Waals surface area (Å²) in [6.45, 7) is 0. The lowest BCUT2D eigenvalue weighted by molar-refractivity contribution is 0.460. The van der Waals surface area contributed by atoms with Gasteiger partial charge in [-0.15, -0.1) is 0 Å². The molecule has 1 heterocycles. The molecule has 0 bridgehead atoms. The molecule has 0 aliphatic rings. The summed E-state index contributed by atoms with van der Waals surface area (Å²) in [6, 6.07) is 3.32. The average Bonchev–Trinajstić information content (AvgIpc) is 2.07. The summed E-state index contributed by atoms with van der Waals surface area (Å²) >= 11 is 6.47. The molecule has 72 valence electrons.